The molecule has 2 heteroatoms. The second-order valence-corrected chi connectivity index (χ2v) is 4.06. The summed E-state index contributed by atoms with van der Waals surface area (Å²) in [7, 11) is 0. The van der Waals surface area contributed by atoms with Crippen molar-refractivity contribution in [2.45, 2.75) is 30.5 Å². The van der Waals surface area contributed by atoms with E-state index in [9.17, 15) is 10.2 Å². The molecule has 0 spiro atoms. The van der Waals surface area contributed by atoms with Gasteiger partial charge in [0.05, 0.1) is 12.2 Å². The van der Waals surface area contributed by atoms with Crippen LogP contribution in [0.1, 0.15) is 29.4 Å². The van der Waals surface area contributed by atoms with Crippen molar-refractivity contribution in [1.29, 1.82) is 0 Å². The van der Waals surface area contributed by atoms with Crippen molar-refractivity contribution in [2.75, 3.05) is 0 Å². The fourth-order valence-corrected chi connectivity index (χ4v) is 2.84. The van der Waals surface area contributed by atoms with Gasteiger partial charge < -0.3 is 10.2 Å². The van der Waals surface area contributed by atoms with Crippen LogP contribution < -0.4 is 0 Å². The predicted molar refractivity (Wildman–Crippen MR) is 48.6 cm³/mol. The summed E-state index contributed by atoms with van der Waals surface area (Å²) in [4.78, 5) is 0. The van der Waals surface area contributed by atoms with Crippen LogP contribution in [0.3, 0.4) is 0 Å². The molecule has 1 saturated carbocycles. The Morgan fingerprint density at radius 3 is 1.85 bits per heavy atom. The molecule has 4 atom stereocenters. The van der Waals surface area contributed by atoms with E-state index in [4.69, 9.17) is 0 Å². The molecule has 1 aromatic carbocycles. The summed E-state index contributed by atoms with van der Waals surface area (Å²) < 4.78 is 0. The zero-order valence-electron chi connectivity index (χ0n) is 7.22. The van der Waals surface area contributed by atoms with Crippen molar-refractivity contribution in [3.63, 3.8) is 0 Å². The Labute approximate surface area is 76.8 Å². The van der Waals surface area contributed by atoms with Crippen molar-refractivity contribution in [1.82, 2.24) is 0 Å². The first kappa shape index (κ1) is 7.54. The molecule has 0 aromatic heterocycles. The van der Waals surface area contributed by atoms with Crippen molar-refractivity contribution >= 4 is 0 Å². The van der Waals surface area contributed by atoms with E-state index >= 15 is 0 Å². The number of hydrogen-bond donors (Lipinski definition) is 2. The highest BCUT2D eigenvalue weighted by molar-refractivity contribution is 5.43. The first-order valence-electron chi connectivity index (χ1n) is 4.74. The van der Waals surface area contributed by atoms with Crippen molar-refractivity contribution in [2.24, 2.45) is 0 Å². The van der Waals surface area contributed by atoms with Gasteiger partial charge in [-0.15, -0.1) is 0 Å². The Kier molecular flexibility index (Phi) is 1.35. The van der Waals surface area contributed by atoms with E-state index in [-0.39, 0.29) is 11.8 Å². The average Bonchev–Trinajstić information content (AvgIpc) is 2.66. The molecule has 2 bridgehead atoms. The first-order valence-corrected chi connectivity index (χ1v) is 4.74. The van der Waals surface area contributed by atoms with Gasteiger partial charge in [0, 0.05) is 11.8 Å². The Morgan fingerprint density at radius 1 is 0.923 bits per heavy atom. The number of aliphatic hydroxyl groups is 2. The molecule has 0 amide bonds. The van der Waals surface area contributed by atoms with Gasteiger partial charge >= 0.3 is 0 Å². The van der Waals surface area contributed by atoms with Gasteiger partial charge in [0.25, 0.3) is 0 Å². The Bertz CT molecular complexity index is 315. The van der Waals surface area contributed by atoms with Crippen LogP contribution in [0.25, 0.3) is 0 Å². The fraction of sp³-hybridized carbons (Fsp3) is 0.455. The molecule has 0 heterocycles. The molecular weight excluding hydrogens is 164 g/mol. The van der Waals surface area contributed by atoms with E-state index in [1.54, 1.807) is 0 Å². The number of aliphatic hydroxyl groups excluding tert-OH is 2. The normalized spacial score (nSPS) is 40.8. The molecule has 1 fully saturated rings. The number of hydrogen-bond acceptors (Lipinski definition) is 2. The van der Waals surface area contributed by atoms with Crippen molar-refractivity contribution < 1.29 is 10.2 Å². The predicted octanol–water partition coefficient (Wildman–Crippen LogP) is 0.993. The van der Waals surface area contributed by atoms with Gasteiger partial charge in [0.15, 0.2) is 0 Å². The largest absolute Gasteiger partial charge is 0.390 e. The van der Waals surface area contributed by atoms with E-state index in [0.717, 1.165) is 6.42 Å². The van der Waals surface area contributed by atoms with Gasteiger partial charge in [-0.3, -0.25) is 0 Å². The summed E-state index contributed by atoms with van der Waals surface area (Å²) in [6.45, 7) is 0. The SMILES string of the molecule is O[C@@H]1[C@H](O)[C@H]2C[C@H]1c1ccccc12. The Morgan fingerprint density at radius 2 is 1.38 bits per heavy atom. The lowest BCUT2D eigenvalue weighted by atomic mass is 9.88. The maximum absolute atomic E-state index is 9.68. The molecule has 0 unspecified atom stereocenters. The maximum Gasteiger partial charge on any atom is 0.0873 e. The highest BCUT2D eigenvalue weighted by Gasteiger charge is 2.49. The third-order valence-electron chi connectivity index (χ3n) is 3.48. The molecular formula is C11H12O2. The van der Waals surface area contributed by atoms with Crippen LogP contribution in [0, 0.1) is 0 Å². The molecule has 0 radical (unpaired) electrons. The molecule has 2 aliphatic rings. The van der Waals surface area contributed by atoms with Gasteiger partial charge in [-0.05, 0) is 17.5 Å². The summed E-state index contributed by atoms with van der Waals surface area (Å²) in [5.74, 6) is 0.354. The van der Waals surface area contributed by atoms with E-state index in [1.165, 1.54) is 11.1 Å². The molecule has 68 valence electrons. The van der Waals surface area contributed by atoms with Crippen LogP contribution in [0.5, 0.6) is 0 Å². The summed E-state index contributed by atoms with van der Waals surface area (Å²) in [5.41, 5.74) is 2.48. The molecule has 0 saturated heterocycles. The second kappa shape index (κ2) is 2.34. The lowest BCUT2D eigenvalue weighted by molar-refractivity contribution is 0.0217. The second-order valence-electron chi connectivity index (χ2n) is 4.06. The van der Waals surface area contributed by atoms with E-state index in [1.807, 2.05) is 12.1 Å². The van der Waals surface area contributed by atoms with Crippen LogP contribution in [0.4, 0.5) is 0 Å². The van der Waals surface area contributed by atoms with Crippen LogP contribution >= 0.6 is 0 Å². The minimum Gasteiger partial charge on any atom is -0.390 e. The molecule has 1 aromatic rings. The van der Waals surface area contributed by atoms with E-state index in [2.05, 4.69) is 12.1 Å². The lowest BCUT2D eigenvalue weighted by Gasteiger charge is -2.24. The molecule has 0 aliphatic heterocycles. The van der Waals surface area contributed by atoms with Gasteiger partial charge in [-0.25, -0.2) is 0 Å². The number of rotatable bonds is 0. The fourth-order valence-electron chi connectivity index (χ4n) is 2.84. The quantitative estimate of drug-likeness (QED) is 0.619. The summed E-state index contributed by atoms with van der Waals surface area (Å²) >= 11 is 0. The lowest BCUT2D eigenvalue weighted by Crippen LogP contribution is -2.30. The minimum absolute atomic E-state index is 0.177. The molecule has 2 nitrogen and oxygen atoms in total. The zero-order valence-corrected chi connectivity index (χ0v) is 7.22. The maximum atomic E-state index is 9.68. The Hall–Kier alpha value is -0.860. The van der Waals surface area contributed by atoms with Crippen molar-refractivity contribution in [3.05, 3.63) is 35.4 Å². The monoisotopic (exact) mass is 176 g/mol. The van der Waals surface area contributed by atoms with Crippen LogP contribution in [0.15, 0.2) is 24.3 Å². The molecule has 2 aliphatic carbocycles. The van der Waals surface area contributed by atoms with E-state index < -0.39 is 12.2 Å². The van der Waals surface area contributed by atoms with Crippen LogP contribution in [-0.2, 0) is 0 Å². The van der Waals surface area contributed by atoms with Crippen molar-refractivity contribution in [3.8, 4) is 0 Å². The van der Waals surface area contributed by atoms with E-state index in [0.29, 0.717) is 0 Å². The van der Waals surface area contributed by atoms with Crippen LogP contribution in [-0.4, -0.2) is 22.4 Å². The minimum atomic E-state index is -0.542. The van der Waals surface area contributed by atoms with Gasteiger partial charge in [0.1, 0.15) is 0 Å². The third-order valence-corrected chi connectivity index (χ3v) is 3.48. The average molecular weight is 176 g/mol. The van der Waals surface area contributed by atoms with Crippen LogP contribution in [0.2, 0.25) is 0 Å². The molecule has 2 N–H and O–H groups in total. The number of fused-ring (bicyclic) bond motifs is 5. The highest BCUT2D eigenvalue weighted by Crippen LogP contribution is 2.52. The summed E-state index contributed by atoms with van der Waals surface area (Å²) in [5, 5.41) is 19.4. The smallest absolute Gasteiger partial charge is 0.0873 e. The molecule has 3 rings (SSSR count). The topological polar surface area (TPSA) is 40.5 Å². The summed E-state index contributed by atoms with van der Waals surface area (Å²) in [6.07, 6.45) is -0.165. The zero-order chi connectivity index (χ0) is 9.00. The first-order chi connectivity index (χ1) is 6.29. The highest BCUT2D eigenvalue weighted by atomic mass is 16.3. The molecule has 13 heavy (non-hydrogen) atoms. The Balaban J connectivity index is 2.16. The van der Waals surface area contributed by atoms with Gasteiger partial charge in [0.2, 0.25) is 0 Å². The standard InChI is InChI=1S/C11H12O2/c12-10-8-5-9(11(10)13)7-4-2-1-3-6(7)8/h1-4,8-13H,5H2/t8-,9-,10-,11+/m0/s1. The van der Waals surface area contributed by atoms with Gasteiger partial charge in [-0.1, -0.05) is 24.3 Å². The third kappa shape index (κ3) is 0.798. The summed E-state index contributed by atoms with van der Waals surface area (Å²) in [6, 6.07) is 8.13. The number of benzene rings is 1. The van der Waals surface area contributed by atoms with Gasteiger partial charge in [-0.2, -0.15) is 0 Å².